The van der Waals surface area contributed by atoms with Crippen LogP contribution in [0.1, 0.15) is 22.8 Å². The van der Waals surface area contributed by atoms with E-state index < -0.39 is 11.4 Å². The Hall–Kier alpha value is -1.93. The van der Waals surface area contributed by atoms with Crippen molar-refractivity contribution in [2.75, 3.05) is 33.0 Å². The first-order valence-electron chi connectivity index (χ1n) is 8.33. The van der Waals surface area contributed by atoms with Gasteiger partial charge in [0.1, 0.15) is 5.56 Å². The highest BCUT2D eigenvalue weighted by molar-refractivity contribution is 5.92. The molecule has 0 saturated carbocycles. The summed E-state index contributed by atoms with van der Waals surface area (Å²) in [7, 11) is 0. The molecule has 0 aliphatic heterocycles. The minimum absolute atomic E-state index is 0. The molecule has 0 saturated heterocycles. The van der Waals surface area contributed by atoms with Crippen LogP contribution in [0.5, 0.6) is 0 Å². The molecule has 0 atom stereocenters. The van der Waals surface area contributed by atoms with E-state index in [1.54, 1.807) is 10.6 Å². The molecule has 0 amide bonds. The Balaban J connectivity index is 0.00000338. The van der Waals surface area contributed by atoms with Gasteiger partial charge in [-0.2, -0.15) is 0 Å². The van der Waals surface area contributed by atoms with Gasteiger partial charge in [-0.25, -0.2) is 4.79 Å². The van der Waals surface area contributed by atoms with Gasteiger partial charge in [-0.3, -0.25) is 4.79 Å². The topological polar surface area (TPSA) is 104 Å². The SMILES string of the molecule is CCn1cc(C(=O)O)c(=O)c2cc(CCOCCOCCN)ccc21.Cl. The van der Waals surface area contributed by atoms with Gasteiger partial charge in [-0.1, -0.05) is 6.07 Å². The molecule has 2 rings (SSSR count). The van der Waals surface area contributed by atoms with E-state index in [0.717, 1.165) is 11.1 Å². The van der Waals surface area contributed by atoms with Crippen LogP contribution < -0.4 is 11.2 Å². The number of carbonyl (C=O) groups is 1. The van der Waals surface area contributed by atoms with Crippen LogP contribution in [0.25, 0.3) is 10.9 Å². The number of aromatic carboxylic acids is 1. The van der Waals surface area contributed by atoms with E-state index in [4.69, 9.17) is 15.2 Å². The highest BCUT2D eigenvalue weighted by atomic mass is 35.5. The maximum absolute atomic E-state index is 12.4. The Morgan fingerprint density at radius 2 is 1.88 bits per heavy atom. The molecule has 8 heteroatoms. The number of rotatable bonds is 10. The van der Waals surface area contributed by atoms with Crippen LogP contribution in [0.3, 0.4) is 0 Å². The van der Waals surface area contributed by atoms with Crippen molar-refractivity contribution in [3.05, 3.63) is 45.7 Å². The zero-order valence-corrected chi connectivity index (χ0v) is 15.6. The number of aryl methyl sites for hydroxylation is 1. The van der Waals surface area contributed by atoms with Crippen LogP contribution in [0.15, 0.2) is 29.2 Å². The first-order chi connectivity index (χ1) is 12.1. The van der Waals surface area contributed by atoms with E-state index in [1.807, 2.05) is 19.1 Å². The molecule has 144 valence electrons. The van der Waals surface area contributed by atoms with Gasteiger partial charge >= 0.3 is 5.97 Å². The minimum Gasteiger partial charge on any atom is -0.477 e. The molecule has 0 unspecified atom stereocenters. The number of aromatic nitrogens is 1. The molecule has 0 bridgehead atoms. The standard InChI is InChI=1S/C18H24N2O5.ClH/c1-2-20-12-15(18(22)23)17(21)14-11-13(3-4-16(14)20)5-7-24-9-10-25-8-6-19;/h3-4,11-12H,2,5-10,19H2,1H3,(H,22,23);1H. The summed E-state index contributed by atoms with van der Waals surface area (Å²) in [5.74, 6) is -1.21. The van der Waals surface area contributed by atoms with Gasteiger partial charge in [-0.15, -0.1) is 12.4 Å². The van der Waals surface area contributed by atoms with E-state index in [2.05, 4.69) is 0 Å². The fourth-order valence-electron chi connectivity index (χ4n) is 2.61. The van der Waals surface area contributed by atoms with Crippen molar-refractivity contribution in [1.82, 2.24) is 4.57 Å². The van der Waals surface area contributed by atoms with Crippen LogP contribution in [-0.2, 0) is 22.4 Å². The predicted molar refractivity (Wildman–Crippen MR) is 102 cm³/mol. The number of fused-ring (bicyclic) bond motifs is 1. The summed E-state index contributed by atoms with van der Waals surface area (Å²) >= 11 is 0. The third kappa shape index (κ3) is 5.54. The molecule has 1 aromatic heterocycles. The first-order valence-corrected chi connectivity index (χ1v) is 8.33. The first kappa shape index (κ1) is 22.1. The van der Waals surface area contributed by atoms with Gasteiger partial charge < -0.3 is 24.9 Å². The largest absolute Gasteiger partial charge is 0.477 e. The third-order valence-electron chi connectivity index (χ3n) is 3.88. The van der Waals surface area contributed by atoms with Crippen molar-refractivity contribution in [1.29, 1.82) is 0 Å². The predicted octanol–water partition coefficient (Wildman–Crippen LogP) is 1.68. The maximum Gasteiger partial charge on any atom is 0.341 e. The number of ether oxygens (including phenoxy) is 2. The fourth-order valence-corrected chi connectivity index (χ4v) is 2.61. The highest BCUT2D eigenvalue weighted by Gasteiger charge is 2.14. The lowest BCUT2D eigenvalue weighted by molar-refractivity contribution is 0.0519. The van der Waals surface area contributed by atoms with Gasteiger partial charge in [0.2, 0.25) is 5.43 Å². The summed E-state index contributed by atoms with van der Waals surface area (Å²) < 4.78 is 12.5. The number of benzene rings is 1. The lowest BCUT2D eigenvalue weighted by Gasteiger charge is -2.11. The number of nitrogens with zero attached hydrogens (tertiary/aromatic N) is 1. The summed E-state index contributed by atoms with van der Waals surface area (Å²) in [5, 5.41) is 9.65. The molecule has 0 aliphatic carbocycles. The normalized spacial score (nSPS) is 10.7. The van der Waals surface area contributed by atoms with Crippen LogP contribution in [0, 0.1) is 0 Å². The van der Waals surface area contributed by atoms with Crippen LogP contribution >= 0.6 is 12.4 Å². The smallest absolute Gasteiger partial charge is 0.341 e. The van der Waals surface area contributed by atoms with Gasteiger partial charge in [0.05, 0.1) is 31.9 Å². The number of carboxylic acids is 1. The molecule has 2 aromatic rings. The molecular weight excluding hydrogens is 360 g/mol. The molecular formula is C18H25ClN2O5. The van der Waals surface area contributed by atoms with Crippen molar-refractivity contribution in [2.45, 2.75) is 19.9 Å². The average molecular weight is 385 g/mol. The van der Waals surface area contributed by atoms with E-state index in [1.165, 1.54) is 6.20 Å². The Kier molecular flexibility index (Phi) is 9.29. The second kappa shape index (κ2) is 10.9. The summed E-state index contributed by atoms with van der Waals surface area (Å²) in [6, 6.07) is 5.54. The van der Waals surface area contributed by atoms with Crippen molar-refractivity contribution in [3.63, 3.8) is 0 Å². The lowest BCUT2D eigenvalue weighted by atomic mass is 10.1. The molecule has 0 radical (unpaired) electrons. The molecule has 0 spiro atoms. The lowest BCUT2D eigenvalue weighted by Crippen LogP contribution is -2.19. The Labute approximate surface area is 158 Å². The summed E-state index contributed by atoms with van der Waals surface area (Å²) in [6.45, 7) is 4.98. The van der Waals surface area contributed by atoms with Gasteiger partial charge in [0, 0.05) is 24.7 Å². The van der Waals surface area contributed by atoms with Crippen LogP contribution in [-0.4, -0.2) is 48.6 Å². The fraction of sp³-hybridized carbons (Fsp3) is 0.444. The summed E-state index contributed by atoms with van der Waals surface area (Å²) in [4.78, 5) is 23.7. The molecule has 1 heterocycles. The monoisotopic (exact) mass is 384 g/mol. The van der Waals surface area contributed by atoms with E-state index in [-0.39, 0.29) is 18.0 Å². The quantitative estimate of drug-likeness (QED) is 0.604. The molecule has 3 N–H and O–H groups in total. The number of hydrogen-bond acceptors (Lipinski definition) is 5. The molecule has 0 aliphatic rings. The summed E-state index contributed by atoms with van der Waals surface area (Å²) in [6.07, 6.45) is 2.03. The van der Waals surface area contributed by atoms with Gasteiger partial charge in [0.25, 0.3) is 0 Å². The van der Waals surface area contributed by atoms with E-state index >= 15 is 0 Å². The zero-order chi connectivity index (χ0) is 18.2. The zero-order valence-electron chi connectivity index (χ0n) is 14.8. The molecule has 7 nitrogen and oxygen atoms in total. The second-order valence-electron chi connectivity index (χ2n) is 5.58. The second-order valence-corrected chi connectivity index (χ2v) is 5.58. The average Bonchev–Trinajstić information content (AvgIpc) is 2.61. The number of halogens is 1. The number of hydrogen-bond donors (Lipinski definition) is 2. The highest BCUT2D eigenvalue weighted by Crippen LogP contribution is 2.15. The molecule has 0 fully saturated rings. The Morgan fingerprint density at radius 1 is 1.19 bits per heavy atom. The van der Waals surface area contributed by atoms with Gasteiger partial charge in [0.15, 0.2) is 0 Å². The third-order valence-corrected chi connectivity index (χ3v) is 3.88. The van der Waals surface area contributed by atoms with E-state index in [0.29, 0.717) is 51.3 Å². The number of carboxylic acid groups (broad SMARTS) is 1. The van der Waals surface area contributed by atoms with Gasteiger partial charge in [-0.05, 0) is 31.0 Å². The number of pyridine rings is 1. The minimum atomic E-state index is -1.21. The van der Waals surface area contributed by atoms with Crippen molar-refractivity contribution < 1.29 is 19.4 Å². The molecule has 26 heavy (non-hydrogen) atoms. The van der Waals surface area contributed by atoms with Crippen LogP contribution in [0.4, 0.5) is 0 Å². The van der Waals surface area contributed by atoms with Crippen LogP contribution in [0.2, 0.25) is 0 Å². The van der Waals surface area contributed by atoms with Crippen molar-refractivity contribution in [2.24, 2.45) is 5.73 Å². The Morgan fingerprint density at radius 3 is 2.50 bits per heavy atom. The van der Waals surface area contributed by atoms with Crippen molar-refractivity contribution >= 4 is 29.3 Å². The maximum atomic E-state index is 12.4. The molecule has 1 aromatic carbocycles. The van der Waals surface area contributed by atoms with Crippen molar-refractivity contribution in [3.8, 4) is 0 Å². The van der Waals surface area contributed by atoms with E-state index in [9.17, 15) is 14.7 Å². The number of nitrogens with two attached hydrogens (primary N) is 1. The summed E-state index contributed by atoms with van der Waals surface area (Å²) in [5.41, 5.74) is 6.32. The Bertz CT molecular complexity index is 791.